The van der Waals surface area contributed by atoms with Gasteiger partial charge in [0.25, 0.3) is 0 Å². The quantitative estimate of drug-likeness (QED) is 0.0678. The van der Waals surface area contributed by atoms with E-state index in [9.17, 15) is 23.2 Å². The van der Waals surface area contributed by atoms with Gasteiger partial charge in [0.15, 0.2) is 17.1 Å². The van der Waals surface area contributed by atoms with Crippen molar-refractivity contribution in [2.45, 2.75) is 97.7 Å². The highest BCUT2D eigenvalue weighted by Gasteiger charge is 2.27. The van der Waals surface area contributed by atoms with Crippen LogP contribution in [0.3, 0.4) is 0 Å². The third-order valence-corrected chi connectivity index (χ3v) is 18.4. The van der Waals surface area contributed by atoms with Crippen LogP contribution < -0.4 is 35.1 Å². The molecular formula is C71H69F3N18O4. The Hall–Kier alpha value is -11.1. The Balaban J connectivity index is 0.000000125. The molecule has 0 amide bonds. The topological polar surface area (TPSA) is 232 Å². The van der Waals surface area contributed by atoms with E-state index in [2.05, 4.69) is 79.7 Å². The number of rotatable bonds is 14. The summed E-state index contributed by atoms with van der Waals surface area (Å²) in [6.07, 6.45) is 27.7. The monoisotopic (exact) mass is 1290 g/mol. The summed E-state index contributed by atoms with van der Waals surface area (Å²) in [7, 11) is 2.13. The number of nitriles is 1. The number of carbonyl (C=O) groups is 1. The van der Waals surface area contributed by atoms with Crippen LogP contribution >= 0.6 is 0 Å². The highest BCUT2D eigenvalue weighted by atomic mass is 19.1. The number of aryl methyl sites for hydroxylation is 2. The number of nitrogens with zero attached hydrogens (tertiary/aromatic N) is 15. The van der Waals surface area contributed by atoms with Crippen molar-refractivity contribution < 1.29 is 32.2 Å². The van der Waals surface area contributed by atoms with Crippen molar-refractivity contribution >= 4 is 46.4 Å². The smallest absolute Gasteiger partial charge is 0.209 e. The standard InChI is InChI=1S/C28H30FN7O2.C23H23FN4O.C20H16FN7O/c1-17-19(4-7-26(32-17)35-11-9-34(3)10-12-35)22-15-31-28(36-16-24(18(2)37)33-27(22)36)30-14-21-20-8-13-38-25(20)6-5-23(21)29;1-2-16-14-28-22(27-16)18(15-6-4-3-5-7-15)12-25-23(28)26-13-19-17-10-11-29-21(17)9-8-20(19)24;1-12-9-27(11-25-12)17-8-24-20(28-10-13(6-22)26-19(17)28)23-7-15-14-4-5-29-18(14)3-2-16(15)21/h4-7,15-16H,8-14H2,1-3H3,(H,30,31);1,8-9,12,14-15H,3-7,10-11,13H2,(H,25,26);2-3,8-11H,4-5,7H2,1H3,(H,23,24). The van der Waals surface area contributed by atoms with E-state index in [1.165, 1.54) is 44.4 Å². The first-order valence-corrected chi connectivity index (χ1v) is 32.2. The first-order valence-electron chi connectivity index (χ1n) is 32.2. The summed E-state index contributed by atoms with van der Waals surface area (Å²) in [5, 5.41) is 19.0. The number of carbonyl (C=O) groups excluding carboxylic acids is 1. The van der Waals surface area contributed by atoms with Gasteiger partial charge in [0.1, 0.15) is 75.0 Å². The fourth-order valence-electron chi connectivity index (χ4n) is 13.3. The van der Waals surface area contributed by atoms with Crippen molar-refractivity contribution in [1.29, 1.82) is 5.26 Å². The SMILES string of the molecule is C#Cc1cn2c(NCc3c(F)ccc4c3CCO4)ncc(C3CCCCC3)c2n1.CC(=O)c1cn2c(NCc3c(F)ccc4c3CCO4)ncc(-c3ccc(N4CCN(C)CC4)nc3C)c2n1.Cc1cn(-c2cnc(NCc3c(F)ccc4c3CCO4)n3cc(C#N)nc23)cn1. The molecule has 25 heteroatoms. The molecule has 3 aromatic carbocycles. The molecule has 0 spiro atoms. The lowest BCUT2D eigenvalue weighted by molar-refractivity contribution is 0.101. The number of ether oxygens (including phenoxy) is 3. The molecule has 488 valence electrons. The predicted molar refractivity (Wildman–Crippen MR) is 356 cm³/mol. The minimum absolute atomic E-state index is 0.144. The van der Waals surface area contributed by atoms with E-state index in [0.717, 1.165) is 119 Å². The summed E-state index contributed by atoms with van der Waals surface area (Å²) in [6, 6.07) is 15.5. The van der Waals surface area contributed by atoms with Crippen molar-refractivity contribution in [3.8, 4) is 52.5 Å². The molecule has 11 aromatic rings. The fraction of sp³-hybridized carbons (Fsp3) is 0.324. The Labute approximate surface area is 551 Å². The normalized spacial score (nSPS) is 14.9. The van der Waals surface area contributed by atoms with E-state index >= 15 is 0 Å². The van der Waals surface area contributed by atoms with Crippen LogP contribution in [0.4, 0.5) is 36.8 Å². The molecule has 1 saturated carbocycles. The van der Waals surface area contributed by atoms with Crippen LogP contribution in [0.25, 0.3) is 33.8 Å². The highest BCUT2D eigenvalue weighted by molar-refractivity contribution is 5.94. The van der Waals surface area contributed by atoms with Crippen LogP contribution in [-0.2, 0) is 38.9 Å². The van der Waals surface area contributed by atoms with Gasteiger partial charge >= 0.3 is 0 Å². The molecule has 0 unspecified atom stereocenters. The van der Waals surface area contributed by atoms with Crippen LogP contribution in [0.5, 0.6) is 17.2 Å². The maximum absolute atomic E-state index is 14.7. The van der Waals surface area contributed by atoms with Crippen molar-refractivity contribution in [2.24, 2.45) is 0 Å². The van der Waals surface area contributed by atoms with Gasteiger partial charge in [-0.3, -0.25) is 18.0 Å². The Morgan fingerprint density at radius 1 is 0.615 bits per heavy atom. The van der Waals surface area contributed by atoms with Crippen molar-refractivity contribution in [3.63, 3.8) is 0 Å². The average molecular weight is 1300 g/mol. The molecule has 2 fully saturated rings. The Morgan fingerprint density at radius 3 is 1.70 bits per heavy atom. The lowest BCUT2D eigenvalue weighted by atomic mass is 9.85. The Kier molecular flexibility index (Phi) is 17.4. The van der Waals surface area contributed by atoms with Gasteiger partial charge in [0, 0.05) is 159 Å². The zero-order valence-electron chi connectivity index (χ0n) is 53.6. The number of halogens is 3. The number of aromatic nitrogens is 12. The zero-order chi connectivity index (χ0) is 66.1. The molecule has 5 aliphatic rings. The number of likely N-dealkylation sites (N-methyl/N-ethyl adjacent to an activating group) is 1. The Bertz CT molecular complexity index is 4890. The maximum atomic E-state index is 14.7. The molecule has 0 atom stereocenters. The number of nitrogens with one attached hydrogen (secondary N) is 3. The number of hydrogen-bond donors (Lipinski definition) is 3. The summed E-state index contributed by atoms with van der Waals surface area (Å²) >= 11 is 0. The molecule has 12 heterocycles. The van der Waals surface area contributed by atoms with Crippen molar-refractivity contribution in [3.05, 3.63) is 183 Å². The number of piperazine rings is 1. The summed E-state index contributed by atoms with van der Waals surface area (Å²) in [6.45, 7) is 11.7. The molecule has 96 heavy (non-hydrogen) atoms. The third kappa shape index (κ3) is 12.4. The molecule has 22 nitrogen and oxygen atoms in total. The number of imidazole rings is 4. The number of anilines is 4. The molecule has 1 aliphatic carbocycles. The minimum Gasteiger partial charge on any atom is -0.493 e. The number of benzene rings is 3. The van der Waals surface area contributed by atoms with E-state index in [4.69, 9.17) is 25.6 Å². The first kappa shape index (κ1) is 62.4. The van der Waals surface area contributed by atoms with Crippen molar-refractivity contribution in [1.82, 2.24) is 62.5 Å². The van der Waals surface area contributed by atoms with Gasteiger partial charge in [-0.05, 0) is 94.1 Å². The average Bonchev–Trinajstić information content (AvgIpc) is 1.50. The Morgan fingerprint density at radius 2 is 1.16 bits per heavy atom. The van der Waals surface area contributed by atoms with E-state index in [1.807, 2.05) is 49.0 Å². The van der Waals surface area contributed by atoms with Gasteiger partial charge in [-0.2, -0.15) is 5.26 Å². The highest BCUT2D eigenvalue weighted by Crippen LogP contribution is 2.38. The van der Waals surface area contributed by atoms with Crippen LogP contribution in [0.1, 0.15) is 117 Å². The van der Waals surface area contributed by atoms with E-state index in [0.29, 0.717) is 108 Å². The first-order chi connectivity index (χ1) is 46.8. The lowest BCUT2D eigenvalue weighted by Gasteiger charge is -2.33. The van der Waals surface area contributed by atoms with Crippen LogP contribution in [0.15, 0.2) is 98.2 Å². The molecule has 16 rings (SSSR count). The van der Waals surface area contributed by atoms with E-state index in [1.54, 1.807) is 62.7 Å². The molecule has 0 radical (unpaired) electrons. The second-order valence-electron chi connectivity index (χ2n) is 24.5. The molecule has 3 N–H and O–H groups in total. The van der Waals surface area contributed by atoms with Gasteiger partial charge < -0.3 is 44.5 Å². The number of pyridine rings is 1. The van der Waals surface area contributed by atoms with E-state index in [-0.39, 0.29) is 42.0 Å². The van der Waals surface area contributed by atoms with E-state index < -0.39 is 0 Å². The summed E-state index contributed by atoms with van der Waals surface area (Å²) < 4.78 is 67.5. The second kappa shape index (κ2) is 26.7. The zero-order valence-corrected chi connectivity index (χ0v) is 53.6. The summed E-state index contributed by atoms with van der Waals surface area (Å²) in [5.41, 5.74) is 12.8. The fourth-order valence-corrected chi connectivity index (χ4v) is 13.3. The molecule has 8 aromatic heterocycles. The number of ketones is 1. The third-order valence-electron chi connectivity index (χ3n) is 18.4. The van der Waals surface area contributed by atoms with Crippen molar-refractivity contribution in [2.75, 3.05) is 73.9 Å². The number of hydrogen-bond acceptors (Lipinski definition) is 18. The maximum Gasteiger partial charge on any atom is 0.209 e. The largest absolute Gasteiger partial charge is 0.493 e. The van der Waals surface area contributed by atoms with Crippen LogP contribution in [0.2, 0.25) is 0 Å². The van der Waals surface area contributed by atoms with Gasteiger partial charge in [0.2, 0.25) is 17.8 Å². The molecule has 1 saturated heterocycles. The van der Waals surface area contributed by atoms with Gasteiger partial charge in [-0.15, -0.1) is 6.42 Å². The number of fused-ring (bicyclic) bond motifs is 6. The molecule has 4 aliphatic heterocycles. The summed E-state index contributed by atoms with van der Waals surface area (Å²) in [4.78, 5) is 53.4. The summed E-state index contributed by atoms with van der Waals surface area (Å²) in [5.74, 6) is 6.87. The van der Waals surface area contributed by atoms with Crippen LogP contribution in [-0.4, -0.2) is 121 Å². The molecular weight excluding hydrogens is 1230 g/mol. The van der Waals surface area contributed by atoms with Gasteiger partial charge in [0.05, 0.1) is 44.2 Å². The number of Topliss-reactive ketones (excluding diaryl/α,β-unsaturated/α-hetero) is 1. The lowest BCUT2D eigenvalue weighted by Crippen LogP contribution is -2.44. The minimum atomic E-state index is -0.285. The molecule has 0 bridgehead atoms. The van der Waals surface area contributed by atoms with Crippen LogP contribution in [0, 0.1) is 55.0 Å². The second-order valence-corrected chi connectivity index (χ2v) is 24.5. The predicted octanol–water partition coefficient (Wildman–Crippen LogP) is 11.0. The number of terminal acetylenes is 1. The van der Waals surface area contributed by atoms with Gasteiger partial charge in [-0.1, -0.05) is 19.3 Å². The van der Waals surface area contributed by atoms with Gasteiger partial charge in [-0.25, -0.2) is 53.0 Å².